The number of aromatic nitrogens is 2. The normalized spacial score (nSPS) is 10.3. The molecule has 0 atom stereocenters. The Morgan fingerprint density at radius 2 is 2.00 bits per heavy atom. The van der Waals surface area contributed by atoms with Gasteiger partial charge in [-0.3, -0.25) is 14.6 Å². The topological polar surface area (TPSA) is 54.9 Å². The second-order valence-electron chi connectivity index (χ2n) is 3.96. The number of aryl methyl sites for hydroxylation is 1. The smallest absolute Gasteiger partial charge is 0.251 e. The summed E-state index contributed by atoms with van der Waals surface area (Å²) in [5.41, 5.74) is 1.05. The Labute approximate surface area is 109 Å². The molecule has 0 aliphatic heterocycles. The zero-order chi connectivity index (χ0) is 13.1. The number of Topliss-reactive ketones (excluding diaryl/α,β-unsaturated/α-hetero) is 1. The molecule has 18 heavy (non-hydrogen) atoms. The molecule has 1 aromatic carbocycles. The van der Waals surface area contributed by atoms with Gasteiger partial charge in [0.2, 0.25) is 0 Å². The van der Waals surface area contributed by atoms with Gasteiger partial charge >= 0.3 is 0 Å². The first-order valence-corrected chi connectivity index (χ1v) is 5.88. The number of rotatable bonds is 3. The molecular weight excluding hydrogens is 248 g/mol. The van der Waals surface area contributed by atoms with Gasteiger partial charge < -0.3 is 4.57 Å². The highest BCUT2D eigenvalue weighted by molar-refractivity contribution is 7.71. The van der Waals surface area contributed by atoms with Crippen molar-refractivity contribution in [2.24, 2.45) is 0 Å². The largest absolute Gasteiger partial charge is 0.315 e. The predicted octanol–water partition coefficient (Wildman–Crippen LogP) is 2.10. The van der Waals surface area contributed by atoms with Gasteiger partial charge in [0.05, 0.1) is 6.54 Å². The number of nitrogens with one attached hydrogen (secondary N) is 1. The molecule has 4 nitrogen and oxygen atoms in total. The summed E-state index contributed by atoms with van der Waals surface area (Å²) in [6.45, 7) is 1.88. The lowest BCUT2D eigenvalue weighted by Gasteiger charge is -2.09. The van der Waals surface area contributed by atoms with Crippen LogP contribution < -0.4 is 5.56 Å². The van der Waals surface area contributed by atoms with E-state index in [1.165, 1.54) is 6.07 Å². The van der Waals surface area contributed by atoms with E-state index >= 15 is 0 Å². The molecular formula is C13H12N2O2S. The fraction of sp³-hybridized carbons (Fsp3) is 0.154. The van der Waals surface area contributed by atoms with Gasteiger partial charge in [-0.15, -0.1) is 0 Å². The Bertz CT molecular complexity index is 686. The Kier molecular flexibility index (Phi) is 3.53. The highest BCUT2D eigenvalue weighted by atomic mass is 32.1. The van der Waals surface area contributed by atoms with Crippen molar-refractivity contribution in [2.75, 3.05) is 0 Å². The van der Waals surface area contributed by atoms with E-state index in [-0.39, 0.29) is 22.7 Å². The molecule has 92 valence electrons. The number of aromatic amines is 1. The molecule has 0 bridgehead atoms. The molecule has 1 N–H and O–H groups in total. The zero-order valence-electron chi connectivity index (χ0n) is 9.84. The minimum Gasteiger partial charge on any atom is -0.315 e. The monoisotopic (exact) mass is 260 g/mol. The van der Waals surface area contributed by atoms with Gasteiger partial charge in [0.25, 0.3) is 5.56 Å². The van der Waals surface area contributed by atoms with Crippen LogP contribution in [-0.2, 0) is 6.54 Å². The van der Waals surface area contributed by atoms with Crippen molar-refractivity contribution in [3.63, 3.8) is 0 Å². The first-order chi connectivity index (χ1) is 8.58. The molecule has 1 aromatic heterocycles. The number of benzene rings is 1. The van der Waals surface area contributed by atoms with Crippen LogP contribution >= 0.6 is 12.2 Å². The van der Waals surface area contributed by atoms with Crippen molar-refractivity contribution in [2.45, 2.75) is 13.5 Å². The van der Waals surface area contributed by atoms with Crippen LogP contribution in [0, 0.1) is 11.7 Å². The summed E-state index contributed by atoms with van der Waals surface area (Å²) in [6.07, 6.45) is 0. The molecule has 0 unspecified atom stereocenters. The molecule has 0 saturated heterocycles. The molecule has 2 aromatic rings. The minimum atomic E-state index is -0.249. The van der Waals surface area contributed by atoms with E-state index in [1.54, 1.807) is 23.6 Å². The Balaban J connectivity index is 2.34. The maximum absolute atomic E-state index is 12.0. The predicted molar refractivity (Wildman–Crippen MR) is 71.4 cm³/mol. The molecule has 0 radical (unpaired) electrons. The second kappa shape index (κ2) is 5.10. The Hall–Kier alpha value is -2.01. The van der Waals surface area contributed by atoms with E-state index < -0.39 is 0 Å². The summed E-state index contributed by atoms with van der Waals surface area (Å²) in [4.78, 5) is 25.7. The Morgan fingerprint density at radius 3 is 2.61 bits per heavy atom. The molecule has 5 heteroatoms. The zero-order valence-corrected chi connectivity index (χ0v) is 10.7. The number of carbonyl (C=O) groups excluding carboxylic acids is 1. The van der Waals surface area contributed by atoms with E-state index in [2.05, 4.69) is 4.98 Å². The van der Waals surface area contributed by atoms with E-state index in [0.29, 0.717) is 11.3 Å². The van der Waals surface area contributed by atoms with Gasteiger partial charge in [-0.25, -0.2) is 0 Å². The van der Waals surface area contributed by atoms with Crippen molar-refractivity contribution in [3.05, 3.63) is 62.8 Å². The van der Waals surface area contributed by atoms with Crippen molar-refractivity contribution in [3.8, 4) is 0 Å². The molecule has 1 heterocycles. The van der Waals surface area contributed by atoms with E-state index in [9.17, 15) is 9.59 Å². The summed E-state index contributed by atoms with van der Waals surface area (Å²) >= 11 is 5.05. The molecule has 0 fully saturated rings. The molecule has 0 aliphatic rings. The number of hydrogen-bond donors (Lipinski definition) is 1. The van der Waals surface area contributed by atoms with Gasteiger partial charge in [-0.1, -0.05) is 30.3 Å². The van der Waals surface area contributed by atoms with Gasteiger partial charge in [-0.2, -0.15) is 0 Å². The highest BCUT2D eigenvalue weighted by Gasteiger charge is 2.08. The van der Waals surface area contributed by atoms with Gasteiger partial charge in [0.15, 0.2) is 10.6 Å². The molecule has 0 saturated carbocycles. The second-order valence-corrected chi connectivity index (χ2v) is 4.34. The van der Waals surface area contributed by atoms with E-state index in [4.69, 9.17) is 12.2 Å². The third-order valence-electron chi connectivity index (χ3n) is 2.64. The average Bonchev–Trinajstić information content (AvgIpc) is 2.34. The Morgan fingerprint density at radius 1 is 1.33 bits per heavy atom. The molecule has 0 amide bonds. The number of H-pyrrole nitrogens is 1. The number of carbonyl (C=O) groups is 1. The molecule has 0 aliphatic carbocycles. The van der Waals surface area contributed by atoms with Crippen LogP contribution in [0.4, 0.5) is 0 Å². The van der Waals surface area contributed by atoms with Crippen LogP contribution in [0.1, 0.15) is 16.1 Å². The SMILES string of the molecule is Cc1cc(=O)[nH]c(=S)n1CC(=O)c1ccccc1. The fourth-order valence-electron chi connectivity index (χ4n) is 1.69. The van der Waals surface area contributed by atoms with Crippen LogP contribution in [0.5, 0.6) is 0 Å². The van der Waals surface area contributed by atoms with Crippen LogP contribution in [0.25, 0.3) is 0 Å². The first kappa shape index (κ1) is 12.4. The van der Waals surface area contributed by atoms with Crippen LogP contribution in [0.15, 0.2) is 41.2 Å². The quantitative estimate of drug-likeness (QED) is 0.679. The van der Waals surface area contributed by atoms with E-state index in [0.717, 1.165) is 0 Å². The van der Waals surface area contributed by atoms with Crippen LogP contribution in [-0.4, -0.2) is 15.3 Å². The maximum atomic E-state index is 12.0. The van der Waals surface area contributed by atoms with E-state index in [1.807, 2.05) is 18.2 Å². The van der Waals surface area contributed by atoms with Gasteiger partial charge in [0, 0.05) is 17.3 Å². The summed E-state index contributed by atoms with van der Waals surface area (Å²) < 4.78 is 1.88. The van der Waals surface area contributed by atoms with Crippen LogP contribution in [0.2, 0.25) is 0 Å². The third kappa shape index (κ3) is 2.62. The first-order valence-electron chi connectivity index (χ1n) is 5.47. The van der Waals surface area contributed by atoms with Gasteiger partial charge in [0.1, 0.15) is 0 Å². The summed E-state index contributed by atoms with van der Waals surface area (Å²) in [5.74, 6) is -0.0400. The summed E-state index contributed by atoms with van der Waals surface area (Å²) in [5, 5.41) is 0. The number of hydrogen-bond acceptors (Lipinski definition) is 3. The average molecular weight is 260 g/mol. The number of nitrogens with zero attached hydrogens (tertiary/aromatic N) is 1. The third-order valence-corrected chi connectivity index (χ3v) is 2.96. The lowest BCUT2D eigenvalue weighted by atomic mass is 10.1. The van der Waals surface area contributed by atoms with Crippen molar-refractivity contribution in [1.29, 1.82) is 0 Å². The standard InChI is InChI=1S/C13H12N2O2S/c1-9-7-12(17)14-13(18)15(9)8-11(16)10-5-3-2-4-6-10/h2-7H,8H2,1H3,(H,14,17,18). The summed E-state index contributed by atoms with van der Waals surface area (Å²) in [7, 11) is 0. The highest BCUT2D eigenvalue weighted by Crippen LogP contribution is 2.04. The lowest BCUT2D eigenvalue weighted by Crippen LogP contribution is -2.19. The maximum Gasteiger partial charge on any atom is 0.251 e. The van der Waals surface area contributed by atoms with Gasteiger partial charge in [-0.05, 0) is 19.1 Å². The molecule has 2 rings (SSSR count). The number of ketones is 1. The summed E-state index contributed by atoms with van der Waals surface area (Å²) in [6, 6.07) is 10.4. The van der Waals surface area contributed by atoms with Crippen molar-refractivity contribution >= 4 is 18.0 Å². The van der Waals surface area contributed by atoms with Crippen molar-refractivity contribution in [1.82, 2.24) is 9.55 Å². The fourth-order valence-corrected chi connectivity index (χ4v) is 2.00. The molecule has 0 spiro atoms. The minimum absolute atomic E-state index is 0.0400. The van der Waals surface area contributed by atoms with Crippen molar-refractivity contribution < 1.29 is 4.79 Å². The van der Waals surface area contributed by atoms with Crippen LogP contribution in [0.3, 0.4) is 0 Å². The lowest BCUT2D eigenvalue weighted by molar-refractivity contribution is 0.0970.